The van der Waals surface area contributed by atoms with E-state index in [-0.39, 0.29) is 5.91 Å². The van der Waals surface area contributed by atoms with Gasteiger partial charge in [0.1, 0.15) is 12.4 Å². The topological polar surface area (TPSA) is 47.4 Å². The second kappa shape index (κ2) is 9.56. The fourth-order valence-electron chi connectivity index (χ4n) is 3.70. The zero-order chi connectivity index (χ0) is 22.7. The van der Waals surface area contributed by atoms with Gasteiger partial charge in [-0.15, -0.1) is 0 Å². The van der Waals surface area contributed by atoms with Crippen molar-refractivity contribution in [2.75, 3.05) is 7.05 Å². The average Bonchev–Trinajstić information content (AvgIpc) is 3.03. The van der Waals surface area contributed by atoms with Crippen molar-refractivity contribution in [1.29, 1.82) is 0 Å². The van der Waals surface area contributed by atoms with Crippen molar-refractivity contribution in [2.45, 2.75) is 54.3 Å². The molecule has 0 atom stereocenters. The summed E-state index contributed by atoms with van der Waals surface area (Å²) in [4.78, 5) is 14.6. The molecule has 0 bridgehead atoms. The summed E-state index contributed by atoms with van der Waals surface area (Å²) in [5, 5.41) is 5.31. The van der Waals surface area contributed by atoms with Gasteiger partial charge < -0.3 is 9.64 Å². The molecular weight excluding hydrogens is 410 g/mol. The highest BCUT2D eigenvalue weighted by Crippen LogP contribution is 2.26. The summed E-state index contributed by atoms with van der Waals surface area (Å²) in [5.41, 5.74) is 6.84. The summed E-state index contributed by atoms with van der Waals surface area (Å²) in [5.74, 6) is 0.775. The maximum absolute atomic E-state index is 12.9. The van der Waals surface area contributed by atoms with E-state index in [9.17, 15) is 4.79 Å². The van der Waals surface area contributed by atoms with Gasteiger partial charge >= 0.3 is 0 Å². The van der Waals surface area contributed by atoms with Crippen LogP contribution in [0.2, 0.25) is 5.02 Å². The van der Waals surface area contributed by atoms with Crippen molar-refractivity contribution >= 4 is 17.5 Å². The molecule has 3 aromatic rings. The molecule has 31 heavy (non-hydrogen) atoms. The number of carbonyl (C=O) groups is 1. The molecule has 0 radical (unpaired) electrons. The molecule has 1 heterocycles. The SMILES string of the molecule is CCn1nc(C)c(CN(C)C(=O)c2ccc(COc3cc(C)c(Cl)c(C)c3)cc2)c1C. The van der Waals surface area contributed by atoms with E-state index in [0.29, 0.717) is 18.7 Å². The van der Waals surface area contributed by atoms with Crippen LogP contribution >= 0.6 is 11.6 Å². The van der Waals surface area contributed by atoms with Crippen molar-refractivity contribution in [3.05, 3.63) is 80.6 Å². The van der Waals surface area contributed by atoms with E-state index in [2.05, 4.69) is 18.9 Å². The third-order valence-electron chi connectivity index (χ3n) is 5.59. The molecule has 1 amide bonds. The Morgan fingerprint density at radius 2 is 1.71 bits per heavy atom. The molecule has 0 aliphatic heterocycles. The van der Waals surface area contributed by atoms with Crippen LogP contribution in [0.15, 0.2) is 36.4 Å². The molecule has 0 saturated carbocycles. The lowest BCUT2D eigenvalue weighted by Crippen LogP contribution is -2.26. The largest absolute Gasteiger partial charge is 0.489 e. The van der Waals surface area contributed by atoms with Crippen LogP contribution in [0.3, 0.4) is 0 Å². The molecule has 0 fully saturated rings. The van der Waals surface area contributed by atoms with Crippen molar-refractivity contribution in [1.82, 2.24) is 14.7 Å². The van der Waals surface area contributed by atoms with Crippen LogP contribution in [0.4, 0.5) is 0 Å². The molecule has 5 nitrogen and oxygen atoms in total. The minimum Gasteiger partial charge on any atom is -0.489 e. The maximum Gasteiger partial charge on any atom is 0.253 e. The number of nitrogens with zero attached hydrogens (tertiary/aromatic N) is 3. The standard InChI is InChI=1S/C25H30ClN3O2/c1-7-29-19(5)23(18(4)27-29)14-28(6)25(30)21-10-8-20(9-11-21)15-31-22-12-16(2)24(26)17(3)13-22/h8-13H,7,14-15H2,1-6H3. The molecule has 0 unspecified atom stereocenters. The first-order chi connectivity index (χ1) is 14.7. The predicted molar refractivity (Wildman–Crippen MR) is 125 cm³/mol. The van der Waals surface area contributed by atoms with Crippen LogP contribution in [0.25, 0.3) is 0 Å². The maximum atomic E-state index is 12.9. The van der Waals surface area contributed by atoms with Gasteiger partial charge in [0.25, 0.3) is 5.91 Å². The molecular formula is C25H30ClN3O2. The molecule has 1 aromatic heterocycles. The van der Waals surface area contributed by atoms with E-state index in [1.165, 1.54) is 0 Å². The fourth-order valence-corrected chi connectivity index (χ4v) is 3.81. The van der Waals surface area contributed by atoms with Gasteiger partial charge in [0.2, 0.25) is 0 Å². The number of aromatic nitrogens is 2. The lowest BCUT2D eigenvalue weighted by Gasteiger charge is -2.18. The zero-order valence-corrected chi connectivity index (χ0v) is 19.9. The summed E-state index contributed by atoms with van der Waals surface area (Å²) < 4.78 is 7.89. The number of aryl methyl sites for hydroxylation is 4. The molecule has 0 aliphatic carbocycles. The van der Waals surface area contributed by atoms with E-state index in [0.717, 1.165) is 51.0 Å². The Bertz CT molecular complexity index is 1060. The van der Waals surface area contributed by atoms with Crippen molar-refractivity contribution < 1.29 is 9.53 Å². The first-order valence-electron chi connectivity index (χ1n) is 10.5. The van der Waals surface area contributed by atoms with Gasteiger partial charge in [0.15, 0.2) is 0 Å². The number of amides is 1. The van der Waals surface area contributed by atoms with E-state index in [1.807, 2.05) is 68.9 Å². The lowest BCUT2D eigenvalue weighted by molar-refractivity contribution is 0.0784. The molecule has 0 aliphatic rings. The molecule has 0 spiro atoms. The highest BCUT2D eigenvalue weighted by atomic mass is 35.5. The van der Waals surface area contributed by atoms with Crippen LogP contribution in [-0.4, -0.2) is 27.6 Å². The van der Waals surface area contributed by atoms with Crippen LogP contribution in [0, 0.1) is 27.7 Å². The van der Waals surface area contributed by atoms with Crippen molar-refractivity contribution in [3.8, 4) is 5.75 Å². The second-order valence-electron chi connectivity index (χ2n) is 7.98. The molecule has 6 heteroatoms. The number of ether oxygens (including phenoxy) is 1. The van der Waals surface area contributed by atoms with Gasteiger partial charge in [-0.2, -0.15) is 5.10 Å². The van der Waals surface area contributed by atoms with Crippen LogP contribution < -0.4 is 4.74 Å². The van der Waals surface area contributed by atoms with Crippen molar-refractivity contribution in [3.63, 3.8) is 0 Å². The first kappa shape index (κ1) is 22.9. The Morgan fingerprint density at radius 3 is 2.26 bits per heavy atom. The van der Waals surface area contributed by atoms with Gasteiger partial charge in [-0.05, 0) is 75.6 Å². The first-order valence-corrected chi connectivity index (χ1v) is 10.9. The summed E-state index contributed by atoms with van der Waals surface area (Å²) in [6.45, 7) is 11.8. The third kappa shape index (κ3) is 5.10. The Labute approximate surface area is 189 Å². The Balaban J connectivity index is 1.64. The minimum atomic E-state index is -0.0144. The second-order valence-corrected chi connectivity index (χ2v) is 8.36. The van der Waals surface area contributed by atoms with Gasteiger partial charge in [-0.3, -0.25) is 9.48 Å². The van der Waals surface area contributed by atoms with E-state index in [4.69, 9.17) is 16.3 Å². The van der Waals surface area contributed by atoms with Crippen LogP contribution in [0.1, 0.15) is 50.9 Å². The molecule has 0 saturated heterocycles. The van der Waals surface area contributed by atoms with Crippen LogP contribution in [0.5, 0.6) is 5.75 Å². The third-order valence-corrected chi connectivity index (χ3v) is 6.19. The van der Waals surface area contributed by atoms with Crippen LogP contribution in [-0.2, 0) is 19.7 Å². The van der Waals surface area contributed by atoms with Gasteiger partial charge in [-0.25, -0.2) is 0 Å². The van der Waals surface area contributed by atoms with Gasteiger partial charge in [0, 0.05) is 42.0 Å². The van der Waals surface area contributed by atoms with E-state index in [1.54, 1.807) is 4.90 Å². The number of hydrogen-bond donors (Lipinski definition) is 0. The number of halogens is 1. The van der Waals surface area contributed by atoms with Gasteiger partial charge in [0.05, 0.1) is 5.69 Å². The quantitative estimate of drug-likeness (QED) is 0.478. The summed E-state index contributed by atoms with van der Waals surface area (Å²) >= 11 is 6.22. The molecule has 164 valence electrons. The predicted octanol–water partition coefficient (Wildman–Crippen LogP) is 5.64. The normalized spacial score (nSPS) is 10.9. The highest BCUT2D eigenvalue weighted by molar-refractivity contribution is 6.32. The summed E-state index contributed by atoms with van der Waals surface area (Å²) in [7, 11) is 1.83. The Hall–Kier alpha value is -2.79. The Kier molecular flexibility index (Phi) is 7.06. The smallest absolute Gasteiger partial charge is 0.253 e. The summed E-state index contributed by atoms with van der Waals surface area (Å²) in [6, 6.07) is 11.4. The lowest BCUT2D eigenvalue weighted by atomic mass is 10.1. The highest BCUT2D eigenvalue weighted by Gasteiger charge is 2.17. The van der Waals surface area contributed by atoms with E-state index < -0.39 is 0 Å². The fraction of sp³-hybridized carbons (Fsp3) is 0.360. The van der Waals surface area contributed by atoms with E-state index >= 15 is 0 Å². The van der Waals surface area contributed by atoms with Crippen molar-refractivity contribution in [2.24, 2.45) is 0 Å². The average molecular weight is 440 g/mol. The number of rotatable bonds is 7. The molecule has 2 aromatic carbocycles. The molecule has 3 rings (SSSR count). The molecule has 0 N–H and O–H groups in total. The number of benzene rings is 2. The zero-order valence-electron chi connectivity index (χ0n) is 19.1. The Morgan fingerprint density at radius 1 is 1.10 bits per heavy atom. The number of hydrogen-bond acceptors (Lipinski definition) is 3. The minimum absolute atomic E-state index is 0.0144. The van der Waals surface area contributed by atoms with Gasteiger partial charge in [-0.1, -0.05) is 23.7 Å². The summed E-state index contributed by atoms with van der Waals surface area (Å²) in [6.07, 6.45) is 0. The monoisotopic (exact) mass is 439 g/mol. The number of carbonyl (C=O) groups excluding carboxylic acids is 1.